The second-order valence-corrected chi connectivity index (χ2v) is 6.39. The molecule has 0 bridgehead atoms. The van der Waals surface area contributed by atoms with Gasteiger partial charge in [0, 0.05) is 23.9 Å². The zero-order chi connectivity index (χ0) is 12.8. The molecule has 0 unspecified atom stereocenters. The third-order valence-corrected chi connectivity index (χ3v) is 3.95. The van der Waals surface area contributed by atoms with E-state index < -0.39 is 0 Å². The van der Waals surface area contributed by atoms with Crippen LogP contribution < -0.4 is 0 Å². The molecule has 0 N–H and O–H groups in total. The number of rotatable bonds is 1. The minimum absolute atomic E-state index is 0.0435. The molecule has 0 aromatic heterocycles. The van der Waals surface area contributed by atoms with E-state index in [0.29, 0.717) is 12.8 Å². The van der Waals surface area contributed by atoms with Crippen molar-refractivity contribution in [2.75, 3.05) is 0 Å². The highest BCUT2D eigenvalue weighted by Gasteiger charge is 2.49. The fourth-order valence-corrected chi connectivity index (χ4v) is 3.31. The number of hydrazine groups is 1. The Bertz CT molecular complexity index is 328. The molecular formula is C13H22N2O2. The van der Waals surface area contributed by atoms with E-state index in [9.17, 15) is 9.59 Å². The molecule has 0 aromatic carbocycles. The van der Waals surface area contributed by atoms with Gasteiger partial charge in [0.25, 0.3) is 0 Å². The Labute approximate surface area is 103 Å². The molecule has 4 nitrogen and oxygen atoms in total. The van der Waals surface area contributed by atoms with Crippen LogP contribution in [0, 0.1) is 0 Å². The molecule has 2 aliphatic rings. The van der Waals surface area contributed by atoms with Crippen molar-refractivity contribution >= 4 is 11.8 Å². The minimum Gasteiger partial charge on any atom is -0.273 e. The van der Waals surface area contributed by atoms with E-state index in [0.717, 1.165) is 19.3 Å². The van der Waals surface area contributed by atoms with E-state index in [4.69, 9.17) is 0 Å². The van der Waals surface area contributed by atoms with Crippen LogP contribution in [-0.2, 0) is 9.59 Å². The minimum atomic E-state index is -0.128. The summed E-state index contributed by atoms with van der Waals surface area (Å²) in [5.41, 5.74) is -0.255. The third kappa shape index (κ3) is 1.99. The number of hydrogen-bond donors (Lipinski definition) is 0. The molecular weight excluding hydrogens is 216 g/mol. The van der Waals surface area contributed by atoms with Crippen LogP contribution in [0.1, 0.15) is 59.8 Å². The van der Waals surface area contributed by atoms with Gasteiger partial charge in [-0.2, -0.15) is 0 Å². The number of piperidine rings is 1. The smallest absolute Gasteiger partial charge is 0.244 e. The predicted octanol–water partition coefficient (Wildman–Crippen LogP) is 2.09. The molecule has 0 aliphatic carbocycles. The van der Waals surface area contributed by atoms with Crippen molar-refractivity contribution in [2.24, 2.45) is 0 Å². The van der Waals surface area contributed by atoms with Crippen LogP contribution in [0.15, 0.2) is 0 Å². The van der Waals surface area contributed by atoms with Crippen molar-refractivity contribution < 1.29 is 9.59 Å². The lowest BCUT2D eigenvalue weighted by atomic mass is 9.81. The number of carbonyl (C=O) groups is 2. The first-order valence-corrected chi connectivity index (χ1v) is 6.42. The van der Waals surface area contributed by atoms with E-state index in [2.05, 4.69) is 27.7 Å². The maximum absolute atomic E-state index is 11.9. The van der Waals surface area contributed by atoms with E-state index in [-0.39, 0.29) is 22.9 Å². The second-order valence-electron chi connectivity index (χ2n) is 6.39. The van der Waals surface area contributed by atoms with Gasteiger partial charge in [0.15, 0.2) is 0 Å². The van der Waals surface area contributed by atoms with Crippen molar-refractivity contribution in [3.63, 3.8) is 0 Å². The fraction of sp³-hybridized carbons (Fsp3) is 0.846. The topological polar surface area (TPSA) is 40.6 Å². The highest BCUT2D eigenvalue weighted by atomic mass is 16.2. The zero-order valence-electron chi connectivity index (χ0n) is 11.2. The molecule has 2 amide bonds. The monoisotopic (exact) mass is 238 g/mol. The Morgan fingerprint density at radius 3 is 1.71 bits per heavy atom. The van der Waals surface area contributed by atoms with Gasteiger partial charge in [0.05, 0.1) is 0 Å². The van der Waals surface area contributed by atoms with Gasteiger partial charge in [-0.1, -0.05) is 0 Å². The standard InChI is InChI=1S/C13H22N2O2/c1-12(2)8-5-9-13(3,4)15(12)14-10(16)6-7-11(14)17/h5-9H2,1-4H3. The van der Waals surface area contributed by atoms with Gasteiger partial charge in [0.2, 0.25) is 11.8 Å². The van der Waals surface area contributed by atoms with Gasteiger partial charge >= 0.3 is 0 Å². The van der Waals surface area contributed by atoms with Crippen LogP contribution in [0.2, 0.25) is 0 Å². The number of hydrogen-bond acceptors (Lipinski definition) is 3. The lowest BCUT2D eigenvalue weighted by Crippen LogP contribution is -2.66. The van der Waals surface area contributed by atoms with Crippen LogP contribution >= 0.6 is 0 Å². The number of amides is 2. The molecule has 0 aromatic rings. The average molecular weight is 238 g/mol. The molecule has 4 heteroatoms. The van der Waals surface area contributed by atoms with Crippen LogP contribution in [0.5, 0.6) is 0 Å². The van der Waals surface area contributed by atoms with Crippen molar-refractivity contribution in [2.45, 2.75) is 70.9 Å². The van der Waals surface area contributed by atoms with Crippen LogP contribution in [0.4, 0.5) is 0 Å². The summed E-state index contributed by atoms with van der Waals surface area (Å²) in [5.74, 6) is -0.0869. The summed E-state index contributed by atoms with van der Waals surface area (Å²) < 4.78 is 0. The van der Waals surface area contributed by atoms with Crippen LogP contribution in [-0.4, -0.2) is 32.9 Å². The summed E-state index contributed by atoms with van der Waals surface area (Å²) in [5, 5.41) is 3.44. The second kappa shape index (κ2) is 3.80. The van der Waals surface area contributed by atoms with Crippen molar-refractivity contribution in [3.05, 3.63) is 0 Å². The third-order valence-electron chi connectivity index (χ3n) is 3.95. The molecule has 96 valence electrons. The maximum atomic E-state index is 11.9. The molecule has 0 spiro atoms. The van der Waals surface area contributed by atoms with Gasteiger partial charge in [0.1, 0.15) is 0 Å². The lowest BCUT2D eigenvalue weighted by molar-refractivity contribution is -0.194. The molecule has 2 aliphatic heterocycles. The van der Waals surface area contributed by atoms with Gasteiger partial charge < -0.3 is 0 Å². The quantitative estimate of drug-likeness (QED) is 0.657. The van der Waals surface area contributed by atoms with Gasteiger partial charge in [-0.15, -0.1) is 0 Å². The zero-order valence-corrected chi connectivity index (χ0v) is 11.2. The molecule has 2 heterocycles. The molecule has 2 fully saturated rings. The van der Waals surface area contributed by atoms with E-state index in [1.807, 2.05) is 5.01 Å². The first-order chi connectivity index (χ1) is 7.76. The van der Waals surface area contributed by atoms with Crippen molar-refractivity contribution in [1.29, 1.82) is 0 Å². The Balaban J connectivity index is 2.38. The first-order valence-electron chi connectivity index (χ1n) is 6.42. The molecule has 2 rings (SSSR count). The van der Waals surface area contributed by atoms with Crippen molar-refractivity contribution in [3.8, 4) is 0 Å². The van der Waals surface area contributed by atoms with Gasteiger partial charge in [-0.05, 0) is 47.0 Å². The van der Waals surface area contributed by atoms with Crippen LogP contribution in [0.25, 0.3) is 0 Å². The van der Waals surface area contributed by atoms with E-state index >= 15 is 0 Å². The number of imide groups is 1. The first kappa shape index (κ1) is 12.6. The Morgan fingerprint density at radius 1 is 0.882 bits per heavy atom. The summed E-state index contributed by atoms with van der Waals surface area (Å²) in [6, 6.07) is 0. The highest BCUT2D eigenvalue weighted by molar-refractivity contribution is 6.01. The number of nitrogens with zero attached hydrogens (tertiary/aromatic N) is 2. The Morgan fingerprint density at radius 2 is 1.29 bits per heavy atom. The molecule has 17 heavy (non-hydrogen) atoms. The summed E-state index contributed by atoms with van der Waals surface area (Å²) in [6.45, 7) is 8.47. The average Bonchev–Trinajstić information content (AvgIpc) is 2.46. The summed E-state index contributed by atoms with van der Waals surface area (Å²) >= 11 is 0. The summed E-state index contributed by atoms with van der Waals surface area (Å²) in [6.07, 6.45) is 3.91. The predicted molar refractivity (Wildman–Crippen MR) is 64.9 cm³/mol. The van der Waals surface area contributed by atoms with Crippen molar-refractivity contribution in [1.82, 2.24) is 10.0 Å². The van der Waals surface area contributed by atoms with E-state index in [1.54, 1.807) is 0 Å². The maximum Gasteiger partial charge on any atom is 0.244 e. The summed E-state index contributed by atoms with van der Waals surface area (Å²) in [4.78, 5) is 23.8. The lowest BCUT2D eigenvalue weighted by Gasteiger charge is -2.55. The SMILES string of the molecule is CC1(C)CCCC(C)(C)N1N1C(=O)CCC1=O. The summed E-state index contributed by atoms with van der Waals surface area (Å²) in [7, 11) is 0. The molecule has 0 saturated carbocycles. The van der Waals surface area contributed by atoms with Crippen LogP contribution in [0.3, 0.4) is 0 Å². The van der Waals surface area contributed by atoms with Gasteiger partial charge in [-0.3, -0.25) is 9.59 Å². The van der Waals surface area contributed by atoms with Gasteiger partial charge in [-0.25, -0.2) is 10.0 Å². The molecule has 2 saturated heterocycles. The molecule has 0 atom stereocenters. The normalized spacial score (nSPS) is 28.8. The highest BCUT2D eigenvalue weighted by Crippen LogP contribution is 2.40. The Hall–Kier alpha value is -0.900. The Kier molecular flexibility index (Phi) is 2.81. The number of carbonyl (C=O) groups excluding carboxylic acids is 2. The fourth-order valence-electron chi connectivity index (χ4n) is 3.31. The van der Waals surface area contributed by atoms with E-state index in [1.165, 1.54) is 5.01 Å². The largest absolute Gasteiger partial charge is 0.273 e. The molecule has 0 radical (unpaired) electrons.